The van der Waals surface area contributed by atoms with E-state index in [1.165, 1.54) is 6.07 Å². The fraction of sp³-hybridized carbons (Fsp3) is 0.500. The fourth-order valence-corrected chi connectivity index (χ4v) is 3.31. The van der Waals surface area contributed by atoms with Gasteiger partial charge in [0, 0.05) is 42.9 Å². The van der Waals surface area contributed by atoms with Gasteiger partial charge in [-0.3, -0.25) is 14.9 Å². The number of benzene rings is 1. The Kier molecular flexibility index (Phi) is 3.17. The highest BCUT2D eigenvalue weighted by atomic mass is 16.6. The van der Waals surface area contributed by atoms with Gasteiger partial charge in [-0.25, -0.2) is 0 Å². The number of nitrogens with one attached hydrogen (secondary N) is 1. The van der Waals surface area contributed by atoms with Crippen LogP contribution in [-0.2, 0) is 0 Å². The molecule has 2 aliphatic rings. The van der Waals surface area contributed by atoms with Crippen molar-refractivity contribution >= 4 is 11.6 Å². The Morgan fingerprint density at radius 1 is 1.45 bits per heavy atom. The summed E-state index contributed by atoms with van der Waals surface area (Å²) in [5.41, 5.74) is 0.916. The van der Waals surface area contributed by atoms with Crippen LogP contribution in [0.5, 0.6) is 0 Å². The Morgan fingerprint density at radius 2 is 2.25 bits per heavy atom. The van der Waals surface area contributed by atoms with Crippen molar-refractivity contribution in [3.05, 3.63) is 39.4 Å². The van der Waals surface area contributed by atoms with Crippen LogP contribution < -0.4 is 5.32 Å². The highest BCUT2D eigenvalue weighted by Crippen LogP contribution is 2.30. The lowest BCUT2D eigenvalue weighted by molar-refractivity contribution is -0.385. The molecule has 0 aromatic heterocycles. The van der Waals surface area contributed by atoms with E-state index in [0.29, 0.717) is 17.0 Å². The zero-order valence-electron chi connectivity index (χ0n) is 11.3. The first-order valence-corrected chi connectivity index (χ1v) is 6.85. The Labute approximate surface area is 116 Å². The first-order chi connectivity index (χ1) is 9.59. The van der Waals surface area contributed by atoms with Crippen molar-refractivity contribution in [1.82, 2.24) is 10.2 Å². The molecule has 0 spiro atoms. The molecule has 2 fully saturated rings. The third-order valence-electron chi connectivity index (χ3n) is 4.44. The molecule has 1 amide bonds. The predicted octanol–water partition coefficient (Wildman–Crippen LogP) is 1.34. The normalized spacial score (nSPS) is 24.8. The second kappa shape index (κ2) is 4.86. The summed E-state index contributed by atoms with van der Waals surface area (Å²) < 4.78 is 0. The van der Waals surface area contributed by atoms with E-state index in [0.717, 1.165) is 26.1 Å². The standard InChI is InChI=1S/C14H17N3O3/c1-9-11(3-2-4-12(9)17(19)20)14(18)16-6-5-10-7-15-8-13(10)16/h2-4,10,13,15H,5-8H2,1H3/t10-,13+/m0/s1. The fourth-order valence-electron chi connectivity index (χ4n) is 3.31. The van der Waals surface area contributed by atoms with Crippen molar-refractivity contribution in [2.75, 3.05) is 19.6 Å². The smallest absolute Gasteiger partial charge is 0.273 e. The van der Waals surface area contributed by atoms with Crippen LogP contribution in [0.1, 0.15) is 22.3 Å². The molecule has 1 aromatic rings. The molecule has 2 saturated heterocycles. The molecule has 0 bridgehead atoms. The summed E-state index contributed by atoms with van der Waals surface area (Å²) in [6.07, 6.45) is 1.01. The van der Waals surface area contributed by atoms with Gasteiger partial charge in [-0.1, -0.05) is 6.07 Å². The molecule has 1 aromatic carbocycles. The number of amides is 1. The number of nitrogens with zero attached hydrogens (tertiary/aromatic N) is 2. The summed E-state index contributed by atoms with van der Waals surface area (Å²) in [5, 5.41) is 14.3. The van der Waals surface area contributed by atoms with Crippen LogP contribution in [-0.4, -0.2) is 41.4 Å². The highest BCUT2D eigenvalue weighted by Gasteiger charge is 2.40. The molecule has 6 heteroatoms. The molecule has 20 heavy (non-hydrogen) atoms. The number of nitro groups is 1. The second-order valence-corrected chi connectivity index (χ2v) is 5.48. The molecule has 0 saturated carbocycles. The molecule has 106 valence electrons. The monoisotopic (exact) mass is 275 g/mol. The number of carbonyl (C=O) groups is 1. The number of fused-ring (bicyclic) bond motifs is 1. The Bertz CT molecular complexity index is 573. The summed E-state index contributed by atoms with van der Waals surface area (Å²) in [4.78, 5) is 25.1. The minimum absolute atomic E-state index is 0.0103. The summed E-state index contributed by atoms with van der Waals surface area (Å²) in [7, 11) is 0. The summed E-state index contributed by atoms with van der Waals surface area (Å²) in [6, 6.07) is 4.94. The molecular weight excluding hydrogens is 258 g/mol. The average Bonchev–Trinajstić information content (AvgIpc) is 3.00. The maximum Gasteiger partial charge on any atom is 0.273 e. The lowest BCUT2D eigenvalue weighted by atomic mass is 10.0. The van der Waals surface area contributed by atoms with E-state index in [9.17, 15) is 14.9 Å². The van der Waals surface area contributed by atoms with Gasteiger partial charge in [-0.05, 0) is 25.3 Å². The Balaban J connectivity index is 1.91. The van der Waals surface area contributed by atoms with E-state index in [2.05, 4.69) is 5.32 Å². The largest absolute Gasteiger partial charge is 0.334 e. The zero-order chi connectivity index (χ0) is 14.3. The van der Waals surface area contributed by atoms with E-state index >= 15 is 0 Å². The summed E-state index contributed by atoms with van der Waals surface area (Å²) in [5.74, 6) is 0.445. The minimum Gasteiger partial charge on any atom is -0.334 e. The van der Waals surface area contributed by atoms with E-state index in [-0.39, 0.29) is 17.6 Å². The van der Waals surface area contributed by atoms with Gasteiger partial charge >= 0.3 is 0 Å². The number of likely N-dealkylation sites (tertiary alicyclic amines) is 1. The number of hydrogen-bond acceptors (Lipinski definition) is 4. The van der Waals surface area contributed by atoms with Crippen molar-refractivity contribution in [3.63, 3.8) is 0 Å². The highest BCUT2D eigenvalue weighted by molar-refractivity contribution is 5.97. The molecular formula is C14H17N3O3. The maximum absolute atomic E-state index is 12.7. The predicted molar refractivity (Wildman–Crippen MR) is 73.6 cm³/mol. The van der Waals surface area contributed by atoms with E-state index in [1.807, 2.05) is 4.90 Å². The summed E-state index contributed by atoms with van der Waals surface area (Å²) in [6.45, 7) is 4.18. The van der Waals surface area contributed by atoms with Crippen LogP contribution in [0.25, 0.3) is 0 Å². The van der Waals surface area contributed by atoms with Gasteiger partial charge in [0.05, 0.1) is 4.92 Å². The van der Waals surface area contributed by atoms with Crippen molar-refractivity contribution in [3.8, 4) is 0 Å². The lowest BCUT2D eigenvalue weighted by Crippen LogP contribution is -2.39. The Hall–Kier alpha value is -1.95. The van der Waals surface area contributed by atoms with E-state index in [4.69, 9.17) is 0 Å². The van der Waals surface area contributed by atoms with Gasteiger partial charge in [0.2, 0.25) is 0 Å². The zero-order valence-corrected chi connectivity index (χ0v) is 11.3. The maximum atomic E-state index is 12.7. The molecule has 2 aliphatic heterocycles. The third-order valence-corrected chi connectivity index (χ3v) is 4.44. The van der Waals surface area contributed by atoms with Gasteiger partial charge in [0.15, 0.2) is 0 Å². The van der Waals surface area contributed by atoms with Crippen LogP contribution in [0, 0.1) is 23.0 Å². The van der Waals surface area contributed by atoms with Crippen molar-refractivity contribution in [2.24, 2.45) is 5.92 Å². The SMILES string of the molecule is Cc1c(C(=O)N2CC[C@H]3CNC[C@H]32)cccc1[N+](=O)[O-]. The second-order valence-electron chi connectivity index (χ2n) is 5.48. The topological polar surface area (TPSA) is 75.5 Å². The van der Waals surface area contributed by atoms with E-state index < -0.39 is 4.92 Å². The average molecular weight is 275 g/mol. The molecule has 6 nitrogen and oxygen atoms in total. The quantitative estimate of drug-likeness (QED) is 0.652. The lowest BCUT2D eigenvalue weighted by Gasteiger charge is -2.24. The number of rotatable bonds is 2. The Morgan fingerprint density at radius 3 is 3.00 bits per heavy atom. The molecule has 0 unspecified atom stereocenters. The van der Waals surface area contributed by atoms with Crippen molar-refractivity contribution in [2.45, 2.75) is 19.4 Å². The van der Waals surface area contributed by atoms with Gasteiger partial charge in [0.1, 0.15) is 0 Å². The van der Waals surface area contributed by atoms with Crippen LogP contribution in [0.15, 0.2) is 18.2 Å². The van der Waals surface area contributed by atoms with Crippen molar-refractivity contribution in [1.29, 1.82) is 0 Å². The van der Waals surface area contributed by atoms with Gasteiger partial charge < -0.3 is 10.2 Å². The molecule has 0 radical (unpaired) electrons. The molecule has 2 heterocycles. The minimum atomic E-state index is -0.435. The van der Waals surface area contributed by atoms with Gasteiger partial charge in [-0.15, -0.1) is 0 Å². The van der Waals surface area contributed by atoms with Crippen LogP contribution >= 0.6 is 0 Å². The first-order valence-electron chi connectivity index (χ1n) is 6.85. The van der Waals surface area contributed by atoms with E-state index in [1.54, 1.807) is 19.1 Å². The molecule has 2 atom stereocenters. The molecule has 0 aliphatic carbocycles. The van der Waals surface area contributed by atoms with Gasteiger partial charge in [0.25, 0.3) is 11.6 Å². The van der Waals surface area contributed by atoms with Crippen LogP contribution in [0.2, 0.25) is 0 Å². The third kappa shape index (κ3) is 1.96. The van der Waals surface area contributed by atoms with Crippen molar-refractivity contribution < 1.29 is 9.72 Å². The molecule has 1 N–H and O–H groups in total. The number of hydrogen-bond donors (Lipinski definition) is 1. The summed E-state index contributed by atoms with van der Waals surface area (Å²) >= 11 is 0. The number of carbonyl (C=O) groups excluding carboxylic acids is 1. The first kappa shape index (κ1) is 13.1. The van der Waals surface area contributed by atoms with Crippen LogP contribution in [0.4, 0.5) is 5.69 Å². The van der Waals surface area contributed by atoms with Crippen LogP contribution in [0.3, 0.4) is 0 Å². The molecule has 3 rings (SSSR count). The van der Waals surface area contributed by atoms with Gasteiger partial charge in [-0.2, -0.15) is 0 Å². The number of nitro benzene ring substituents is 1.